The van der Waals surface area contributed by atoms with E-state index >= 15 is 0 Å². The Kier molecular flexibility index (Phi) is 8.83. The van der Waals surface area contributed by atoms with Gasteiger partial charge < -0.3 is 10.2 Å². The molecule has 3 aromatic carbocycles. The maximum Gasteiger partial charge on any atom is 0.264 e. The number of sulfonamides is 1. The summed E-state index contributed by atoms with van der Waals surface area (Å²) in [5.41, 5.74) is 2.15. The van der Waals surface area contributed by atoms with Gasteiger partial charge in [0.1, 0.15) is 6.54 Å². The Morgan fingerprint density at radius 3 is 2.18 bits per heavy atom. The number of anilines is 2. The Labute approximate surface area is 211 Å². The van der Waals surface area contributed by atoms with E-state index in [-0.39, 0.29) is 22.2 Å². The smallest absolute Gasteiger partial charge is 0.264 e. The highest BCUT2D eigenvalue weighted by atomic mass is 35.5. The molecule has 180 valence electrons. The van der Waals surface area contributed by atoms with Crippen LogP contribution < -0.4 is 14.5 Å². The number of amides is 1. The van der Waals surface area contributed by atoms with E-state index in [9.17, 15) is 13.2 Å². The highest BCUT2D eigenvalue weighted by Crippen LogP contribution is 2.32. The first-order valence-corrected chi connectivity index (χ1v) is 13.1. The van der Waals surface area contributed by atoms with Crippen molar-refractivity contribution in [3.05, 3.63) is 88.4 Å². The van der Waals surface area contributed by atoms with Crippen LogP contribution in [-0.4, -0.2) is 34.0 Å². The van der Waals surface area contributed by atoms with Crippen LogP contribution in [0.15, 0.2) is 77.7 Å². The van der Waals surface area contributed by atoms with Crippen LogP contribution in [-0.2, 0) is 21.4 Å². The fourth-order valence-electron chi connectivity index (χ4n) is 3.50. The van der Waals surface area contributed by atoms with E-state index in [2.05, 4.69) is 24.1 Å². The number of rotatable bonds is 10. The Balaban J connectivity index is 1.80. The fraction of sp³-hybridized carbons (Fsp3) is 0.240. The average Bonchev–Trinajstić information content (AvgIpc) is 2.85. The van der Waals surface area contributed by atoms with Crippen LogP contribution in [0.25, 0.3) is 0 Å². The third-order valence-electron chi connectivity index (χ3n) is 5.35. The predicted molar refractivity (Wildman–Crippen MR) is 139 cm³/mol. The van der Waals surface area contributed by atoms with E-state index in [1.165, 1.54) is 24.3 Å². The number of carbonyl (C=O) groups is 1. The summed E-state index contributed by atoms with van der Waals surface area (Å²) < 4.78 is 27.8. The summed E-state index contributed by atoms with van der Waals surface area (Å²) in [6.07, 6.45) is 0. The number of benzene rings is 3. The number of halogens is 2. The zero-order valence-corrected chi connectivity index (χ0v) is 21.4. The molecule has 1 N–H and O–H groups in total. The van der Waals surface area contributed by atoms with E-state index in [0.29, 0.717) is 5.02 Å². The van der Waals surface area contributed by atoms with Gasteiger partial charge in [0.15, 0.2) is 0 Å². The highest BCUT2D eigenvalue weighted by molar-refractivity contribution is 7.92. The molecule has 0 bridgehead atoms. The maximum atomic E-state index is 13.4. The molecule has 0 fully saturated rings. The second kappa shape index (κ2) is 11.6. The van der Waals surface area contributed by atoms with Crippen LogP contribution in [0.4, 0.5) is 11.4 Å². The lowest BCUT2D eigenvalue weighted by molar-refractivity contribution is -0.119. The molecule has 6 nitrogen and oxygen atoms in total. The van der Waals surface area contributed by atoms with Crippen molar-refractivity contribution in [1.29, 1.82) is 0 Å². The van der Waals surface area contributed by atoms with Gasteiger partial charge >= 0.3 is 0 Å². The molecule has 0 saturated carbocycles. The minimum absolute atomic E-state index is 0.0471. The van der Waals surface area contributed by atoms with E-state index in [4.69, 9.17) is 23.2 Å². The predicted octanol–water partition coefficient (Wildman–Crippen LogP) is 5.35. The molecular weight excluding hydrogens is 493 g/mol. The van der Waals surface area contributed by atoms with Crippen molar-refractivity contribution in [2.24, 2.45) is 0 Å². The van der Waals surface area contributed by atoms with E-state index < -0.39 is 22.5 Å². The van der Waals surface area contributed by atoms with Gasteiger partial charge in [0.25, 0.3) is 10.0 Å². The zero-order valence-electron chi connectivity index (χ0n) is 19.0. The fourth-order valence-corrected chi connectivity index (χ4v) is 5.39. The highest BCUT2D eigenvalue weighted by Gasteiger charge is 2.28. The summed E-state index contributed by atoms with van der Waals surface area (Å²) in [4.78, 5) is 15.1. The van der Waals surface area contributed by atoms with Crippen LogP contribution in [0.5, 0.6) is 0 Å². The van der Waals surface area contributed by atoms with E-state index in [1.54, 1.807) is 24.3 Å². The SMILES string of the molecule is CCN(CC)c1ccc(CNC(=O)CN(c2cc(Cl)ccc2Cl)S(=O)(=O)c2ccccc2)cc1. The first-order valence-electron chi connectivity index (χ1n) is 10.9. The lowest BCUT2D eigenvalue weighted by atomic mass is 10.2. The van der Waals surface area contributed by atoms with Gasteiger partial charge in [-0.1, -0.05) is 53.5 Å². The molecule has 0 atom stereocenters. The number of nitrogens with one attached hydrogen (secondary N) is 1. The molecule has 3 aromatic rings. The maximum absolute atomic E-state index is 13.4. The molecule has 0 unspecified atom stereocenters. The molecule has 0 aliphatic heterocycles. The Bertz CT molecular complexity index is 1220. The summed E-state index contributed by atoms with van der Waals surface area (Å²) in [6, 6.07) is 20.3. The van der Waals surface area contributed by atoms with Crippen LogP contribution >= 0.6 is 23.2 Å². The molecule has 0 aromatic heterocycles. The Morgan fingerprint density at radius 1 is 0.912 bits per heavy atom. The van der Waals surface area contributed by atoms with Crippen LogP contribution in [0.2, 0.25) is 10.0 Å². The lowest BCUT2D eigenvalue weighted by Crippen LogP contribution is -2.40. The number of nitrogens with zero attached hydrogens (tertiary/aromatic N) is 2. The molecule has 0 heterocycles. The summed E-state index contributed by atoms with van der Waals surface area (Å²) >= 11 is 12.4. The first-order chi connectivity index (χ1) is 16.3. The van der Waals surface area contributed by atoms with Crippen molar-refractivity contribution < 1.29 is 13.2 Å². The standard InChI is InChI=1S/C25H27Cl2N3O3S/c1-3-29(4-2)21-13-10-19(11-14-21)17-28-25(31)18-30(24-16-20(26)12-15-23(24)27)34(32,33)22-8-6-5-7-9-22/h5-16H,3-4,17-18H2,1-2H3,(H,28,31). The van der Waals surface area contributed by atoms with Gasteiger partial charge in [-0.2, -0.15) is 0 Å². The normalized spacial score (nSPS) is 11.2. The molecule has 0 spiro atoms. The molecule has 3 rings (SSSR count). The summed E-state index contributed by atoms with van der Waals surface area (Å²) in [5, 5.41) is 3.28. The quantitative estimate of drug-likeness (QED) is 0.391. The van der Waals surface area contributed by atoms with Gasteiger partial charge in [0.2, 0.25) is 5.91 Å². The minimum Gasteiger partial charge on any atom is -0.372 e. The molecule has 0 aliphatic carbocycles. The van der Waals surface area contributed by atoms with Crippen molar-refractivity contribution in [2.45, 2.75) is 25.3 Å². The van der Waals surface area contributed by atoms with Crippen LogP contribution in [0.3, 0.4) is 0 Å². The molecule has 9 heteroatoms. The van der Waals surface area contributed by atoms with Crippen molar-refractivity contribution in [3.63, 3.8) is 0 Å². The summed E-state index contributed by atoms with van der Waals surface area (Å²) in [7, 11) is -4.07. The third-order valence-corrected chi connectivity index (χ3v) is 7.68. The topological polar surface area (TPSA) is 69.7 Å². The minimum atomic E-state index is -4.07. The average molecular weight is 520 g/mol. The van der Waals surface area contributed by atoms with Gasteiger partial charge in [0.05, 0.1) is 15.6 Å². The number of hydrogen-bond acceptors (Lipinski definition) is 4. The monoisotopic (exact) mass is 519 g/mol. The van der Waals surface area contributed by atoms with Gasteiger partial charge in [-0.25, -0.2) is 8.42 Å². The number of hydrogen-bond donors (Lipinski definition) is 1. The van der Waals surface area contributed by atoms with Crippen LogP contribution in [0.1, 0.15) is 19.4 Å². The third kappa shape index (κ3) is 6.23. The first kappa shape index (κ1) is 25.9. The van der Waals surface area contributed by atoms with E-state index in [0.717, 1.165) is 28.6 Å². The zero-order chi connectivity index (χ0) is 24.7. The molecule has 1 amide bonds. The van der Waals surface area contributed by atoms with Gasteiger partial charge in [-0.15, -0.1) is 0 Å². The van der Waals surface area contributed by atoms with E-state index in [1.807, 2.05) is 24.3 Å². The van der Waals surface area contributed by atoms with Crippen molar-refractivity contribution >= 4 is 50.5 Å². The molecular formula is C25H27Cl2N3O3S. The summed E-state index contributed by atoms with van der Waals surface area (Å²) in [5.74, 6) is -0.469. The molecule has 0 radical (unpaired) electrons. The van der Waals surface area contributed by atoms with Gasteiger partial charge in [-0.3, -0.25) is 9.10 Å². The Morgan fingerprint density at radius 2 is 1.56 bits per heavy atom. The second-order valence-corrected chi connectivity index (χ2v) is 10.2. The summed E-state index contributed by atoms with van der Waals surface area (Å²) in [6.45, 7) is 5.82. The molecule has 0 aliphatic rings. The lowest BCUT2D eigenvalue weighted by Gasteiger charge is -2.25. The van der Waals surface area contributed by atoms with Crippen LogP contribution in [0, 0.1) is 0 Å². The molecule has 0 saturated heterocycles. The van der Waals surface area contributed by atoms with Gasteiger partial charge in [-0.05, 0) is 61.9 Å². The number of carbonyl (C=O) groups excluding carboxylic acids is 1. The second-order valence-electron chi connectivity index (χ2n) is 7.54. The Hall–Kier alpha value is -2.74. The van der Waals surface area contributed by atoms with Crippen molar-refractivity contribution in [3.8, 4) is 0 Å². The van der Waals surface area contributed by atoms with Gasteiger partial charge in [0, 0.05) is 30.3 Å². The van der Waals surface area contributed by atoms with Crippen molar-refractivity contribution in [2.75, 3.05) is 28.8 Å². The largest absolute Gasteiger partial charge is 0.372 e. The molecule has 34 heavy (non-hydrogen) atoms. The van der Waals surface area contributed by atoms with Crippen molar-refractivity contribution in [1.82, 2.24) is 5.32 Å².